The van der Waals surface area contributed by atoms with Crippen molar-refractivity contribution in [1.82, 2.24) is 5.32 Å². The van der Waals surface area contributed by atoms with E-state index in [-0.39, 0.29) is 17.3 Å². The molecule has 102 valence electrons. The summed E-state index contributed by atoms with van der Waals surface area (Å²) >= 11 is 1.76. The molecular weight excluding hydrogens is 257 g/mol. The Bertz CT molecular complexity index is 502. The van der Waals surface area contributed by atoms with Gasteiger partial charge in [0.05, 0.1) is 6.04 Å². The van der Waals surface area contributed by atoms with Crippen molar-refractivity contribution >= 4 is 11.3 Å². The number of halogens is 1. The highest BCUT2D eigenvalue weighted by atomic mass is 32.1. The molecule has 0 aliphatic heterocycles. The fourth-order valence-corrected chi connectivity index (χ4v) is 3.40. The zero-order valence-corrected chi connectivity index (χ0v) is 12.4. The van der Waals surface area contributed by atoms with Gasteiger partial charge < -0.3 is 5.32 Å². The Kier molecular flexibility index (Phi) is 4.38. The standard InChI is InChI=1S/C16H20FNS/c1-4-18-15(14-6-5-11-19-14)16(2,3)12-7-9-13(17)10-8-12/h5-11,15,18H,4H2,1-3H3. The summed E-state index contributed by atoms with van der Waals surface area (Å²) in [5, 5.41) is 5.65. The number of benzene rings is 1. The molecule has 3 heteroatoms. The van der Waals surface area contributed by atoms with Gasteiger partial charge in [0.1, 0.15) is 5.82 Å². The Balaban J connectivity index is 2.36. The lowest BCUT2D eigenvalue weighted by Crippen LogP contribution is -2.36. The largest absolute Gasteiger partial charge is 0.309 e. The monoisotopic (exact) mass is 277 g/mol. The van der Waals surface area contributed by atoms with Crippen LogP contribution in [0.2, 0.25) is 0 Å². The van der Waals surface area contributed by atoms with Crippen LogP contribution in [0.1, 0.15) is 37.3 Å². The van der Waals surface area contributed by atoms with Gasteiger partial charge in [-0.15, -0.1) is 11.3 Å². The molecule has 1 aromatic carbocycles. The third kappa shape index (κ3) is 3.04. The number of thiophene rings is 1. The highest BCUT2D eigenvalue weighted by Gasteiger charge is 2.32. The smallest absolute Gasteiger partial charge is 0.123 e. The van der Waals surface area contributed by atoms with Crippen LogP contribution in [-0.4, -0.2) is 6.54 Å². The maximum atomic E-state index is 13.1. The second-order valence-electron chi connectivity index (χ2n) is 5.23. The van der Waals surface area contributed by atoms with Crippen LogP contribution in [0, 0.1) is 5.82 Å². The van der Waals surface area contributed by atoms with Gasteiger partial charge in [0.25, 0.3) is 0 Å². The van der Waals surface area contributed by atoms with Crippen molar-refractivity contribution in [2.24, 2.45) is 0 Å². The lowest BCUT2D eigenvalue weighted by atomic mass is 9.77. The van der Waals surface area contributed by atoms with Crippen LogP contribution in [0.25, 0.3) is 0 Å². The minimum Gasteiger partial charge on any atom is -0.309 e. The average molecular weight is 277 g/mol. The molecule has 2 aromatic rings. The summed E-state index contributed by atoms with van der Waals surface area (Å²) in [6, 6.07) is 11.3. The normalized spacial score (nSPS) is 13.5. The van der Waals surface area contributed by atoms with E-state index in [2.05, 4.69) is 43.6 Å². The number of nitrogens with one attached hydrogen (secondary N) is 1. The van der Waals surface area contributed by atoms with Gasteiger partial charge in [-0.3, -0.25) is 0 Å². The Morgan fingerprint density at radius 1 is 1.21 bits per heavy atom. The van der Waals surface area contributed by atoms with Gasteiger partial charge in [0.2, 0.25) is 0 Å². The Morgan fingerprint density at radius 2 is 1.89 bits per heavy atom. The van der Waals surface area contributed by atoms with Gasteiger partial charge >= 0.3 is 0 Å². The second-order valence-corrected chi connectivity index (χ2v) is 6.21. The third-order valence-electron chi connectivity index (χ3n) is 3.55. The van der Waals surface area contributed by atoms with E-state index in [0.717, 1.165) is 12.1 Å². The van der Waals surface area contributed by atoms with Crippen LogP contribution >= 0.6 is 11.3 Å². The fourth-order valence-electron chi connectivity index (χ4n) is 2.42. The quantitative estimate of drug-likeness (QED) is 0.847. The van der Waals surface area contributed by atoms with Crippen molar-refractivity contribution in [3.63, 3.8) is 0 Å². The Labute approximate surface area is 118 Å². The molecule has 1 heterocycles. The summed E-state index contributed by atoms with van der Waals surface area (Å²) in [4.78, 5) is 1.32. The van der Waals surface area contributed by atoms with Gasteiger partial charge in [-0.25, -0.2) is 4.39 Å². The molecule has 0 radical (unpaired) electrons. The fraction of sp³-hybridized carbons (Fsp3) is 0.375. The number of hydrogen-bond acceptors (Lipinski definition) is 2. The molecule has 0 saturated carbocycles. The molecule has 1 unspecified atom stereocenters. The van der Waals surface area contributed by atoms with Gasteiger partial charge in [-0.2, -0.15) is 0 Å². The predicted octanol–water partition coefficient (Wildman–Crippen LogP) is 4.52. The molecule has 1 nitrogen and oxygen atoms in total. The first-order valence-corrected chi connectivity index (χ1v) is 7.46. The van der Waals surface area contributed by atoms with E-state index in [9.17, 15) is 4.39 Å². The van der Waals surface area contributed by atoms with Gasteiger partial charge in [-0.1, -0.05) is 39.0 Å². The van der Waals surface area contributed by atoms with Gasteiger partial charge in [0, 0.05) is 10.3 Å². The number of rotatable bonds is 5. The van der Waals surface area contributed by atoms with Gasteiger partial charge in [0.15, 0.2) is 0 Å². The molecule has 0 fully saturated rings. The molecule has 1 aromatic heterocycles. The van der Waals surface area contributed by atoms with E-state index >= 15 is 0 Å². The molecule has 1 N–H and O–H groups in total. The van der Waals surface area contributed by atoms with Crippen LogP contribution in [0.4, 0.5) is 4.39 Å². The summed E-state index contributed by atoms with van der Waals surface area (Å²) < 4.78 is 13.1. The van der Waals surface area contributed by atoms with Crippen molar-refractivity contribution in [1.29, 1.82) is 0 Å². The summed E-state index contributed by atoms with van der Waals surface area (Å²) in [7, 11) is 0. The van der Waals surface area contributed by atoms with E-state index in [1.807, 2.05) is 12.1 Å². The van der Waals surface area contributed by atoms with E-state index in [4.69, 9.17) is 0 Å². The zero-order valence-electron chi connectivity index (χ0n) is 11.6. The zero-order chi connectivity index (χ0) is 13.9. The minimum atomic E-state index is -0.185. The maximum absolute atomic E-state index is 13.1. The first-order chi connectivity index (χ1) is 9.05. The van der Waals surface area contributed by atoms with Crippen LogP contribution in [0.15, 0.2) is 41.8 Å². The summed E-state index contributed by atoms with van der Waals surface area (Å²) in [5.74, 6) is -0.185. The molecule has 0 aliphatic rings. The third-order valence-corrected chi connectivity index (χ3v) is 4.48. The minimum absolute atomic E-state index is 0.0887. The van der Waals surface area contributed by atoms with Gasteiger partial charge in [-0.05, 0) is 35.7 Å². The van der Waals surface area contributed by atoms with Crippen molar-refractivity contribution < 1.29 is 4.39 Å². The lowest BCUT2D eigenvalue weighted by Gasteiger charge is -2.35. The Morgan fingerprint density at radius 3 is 2.42 bits per heavy atom. The van der Waals surface area contributed by atoms with Crippen LogP contribution in [-0.2, 0) is 5.41 Å². The second kappa shape index (κ2) is 5.85. The van der Waals surface area contributed by atoms with E-state index in [1.54, 1.807) is 11.3 Å². The highest BCUT2D eigenvalue weighted by Crippen LogP contribution is 2.38. The van der Waals surface area contributed by atoms with E-state index < -0.39 is 0 Å². The number of likely N-dealkylation sites (N-methyl/N-ethyl adjacent to an activating group) is 1. The van der Waals surface area contributed by atoms with Crippen molar-refractivity contribution in [3.8, 4) is 0 Å². The maximum Gasteiger partial charge on any atom is 0.123 e. The van der Waals surface area contributed by atoms with Crippen LogP contribution in [0.5, 0.6) is 0 Å². The summed E-state index contributed by atoms with van der Waals surface area (Å²) in [5.41, 5.74) is 1.06. The number of hydrogen-bond donors (Lipinski definition) is 1. The molecule has 2 rings (SSSR count). The molecular formula is C16H20FNS. The Hall–Kier alpha value is -1.19. The van der Waals surface area contributed by atoms with Crippen LogP contribution < -0.4 is 5.32 Å². The van der Waals surface area contributed by atoms with E-state index in [1.165, 1.54) is 17.0 Å². The predicted molar refractivity (Wildman–Crippen MR) is 80.2 cm³/mol. The first kappa shape index (κ1) is 14.2. The summed E-state index contributed by atoms with van der Waals surface area (Å²) in [6.45, 7) is 7.43. The molecule has 0 spiro atoms. The molecule has 19 heavy (non-hydrogen) atoms. The summed E-state index contributed by atoms with van der Waals surface area (Å²) in [6.07, 6.45) is 0. The molecule has 0 aliphatic carbocycles. The van der Waals surface area contributed by atoms with Crippen LogP contribution in [0.3, 0.4) is 0 Å². The highest BCUT2D eigenvalue weighted by molar-refractivity contribution is 7.10. The molecule has 0 amide bonds. The topological polar surface area (TPSA) is 12.0 Å². The molecule has 1 atom stereocenters. The lowest BCUT2D eigenvalue weighted by molar-refractivity contribution is 0.358. The van der Waals surface area contributed by atoms with Crippen molar-refractivity contribution in [3.05, 3.63) is 58.0 Å². The van der Waals surface area contributed by atoms with Crippen molar-refractivity contribution in [2.45, 2.75) is 32.2 Å². The van der Waals surface area contributed by atoms with Crippen molar-refractivity contribution in [2.75, 3.05) is 6.54 Å². The molecule has 0 bridgehead atoms. The SMILES string of the molecule is CCNC(c1cccs1)C(C)(C)c1ccc(F)cc1. The van der Waals surface area contributed by atoms with E-state index in [0.29, 0.717) is 0 Å². The first-order valence-electron chi connectivity index (χ1n) is 6.58. The average Bonchev–Trinajstić information content (AvgIpc) is 2.89. The molecule has 0 saturated heterocycles.